The van der Waals surface area contributed by atoms with Gasteiger partial charge in [0.2, 0.25) is 10.0 Å². The molecule has 0 aliphatic heterocycles. The van der Waals surface area contributed by atoms with E-state index < -0.39 is 10.0 Å². The van der Waals surface area contributed by atoms with Crippen LogP contribution in [0, 0.1) is 12.0 Å². The fourth-order valence-corrected chi connectivity index (χ4v) is 1.59. The predicted molar refractivity (Wildman–Crippen MR) is 56.5 cm³/mol. The van der Waals surface area contributed by atoms with Crippen LogP contribution in [0.2, 0.25) is 0 Å². The molecule has 0 bridgehead atoms. The number of sulfonamides is 1. The average Bonchev–Trinajstić information content (AvgIpc) is 2.17. The molecule has 0 spiro atoms. The number of hydrogen-bond donors (Lipinski definition) is 1. The largest absolute Gasteiger partial charge is 0.406 e. The smallest absolute Gasteiger partial charge is 0.241 e. The number of nitrogens with two attached hydrogens (primary N) is 1. The van der Waals surface area contributed by atoms with Gasteiger partial charge in [-0.05, 0) is 12.1 Å². The zero-order valence-electron chi connectivity index (χ0n) is 8.23. The number of ether oxygens (including phenoxy) is 1. The molecule has 0 amide bonds. The van der Waals surface area contributed by atoms with Crippen LogP contribution >= 0.6 is 0 Å². The minimum atomic E-state index is -3.76. The summed E-state index contributed by atoms with van der Waals surface area (Å²) in [5.74, 6) is 2.82. The first-order valence-electron chi connectivity index (χ1n) is 4.32. The van der Waals surface area contributed by atoms with Crippen molar-refractivity contribution in [3.05, 3.63) is 24.3 Å². The molecule has 0 saturated carbocycles. The van der Waals surface area contributed by atoms with Gasteiger partial charge in [-0.1, -0.05) is 25.0 Å². The van der Waals surface area contributed by atoms with E-state index in [0.717, 1.165) is 0 Å². The first-order valence-corrected chi connectivity index (χ1v) is 5.87. The fourth-order valence-electron chi connectivity index (χ4n) is 0.933. The maximum Gasteiger partial charge on any atom is 0.241 e. The second-order valence-electron chi connectivity index (χ2n) is 2.73. The van der Waals surface area contributed by atoms with Crippen LogP contribution in [0.15, 0.2) is 29.2 Å². The van der Waals surface area contributed by atoms with Crippen molar-refractivity contribution in [3.8, 4) is 17.8 Å². The van der Waals surface area contributed by atoms with E-state index >= 15 is 0 Å². The first kappa shape index (κ1) is 11.6. The van der Waals surface area contributed by atoms with Gasteiger partial charge < -0.3 is 4.74 Å². The number of rotatable bonds is 2. The molecule has 15 heavy (non-hydrogen) atoms. The fraction of sp³-hybridized carbons (Fsp3) is 0.200. The lowest BCUT2D eigenvalue weighted by molar-refractivity contribution is 0.500. The molecule has 1 rings (SSSR count). The van der Waals surface area contributed by atoms with Crippen LogP contribution in [-0.4, -0.2) is 8.42 Å². The Morgan fingerprint density at radius 3 is 2.67 bits per heavy atom. The third-order valence-electron chi connectivity index (χ3n) is 1.57. The number of hydrogen-bond acceptors (Lipinski definition) is 3. The Kier molecular flexibility index (Phi) is 3.72. The van der Waals surface area contributed by atoms with Crippen molar-refractivity contribution in [1.82, 2.24) is 0 Å². The summed E-state index contributed by atoms with van der Waals surface area (Å²) in [7, 11) is -3.76. The third-order valence-corrected chi connectivity index (χ3v) is 2.52. The monoisotopic (exact) mass is 225 g/mol. The van der Waals surface area contributed by atoms with Gasteiger partial charge in [-0.25, -0.2) is 13.6 Å². The molecule has 0 aliphatic rings. The van der Waals surface area contributed by atoms with Crippen molar-refractivity contribution in [2.75, 3.05) is 0 Å². The summed E-state index contributed by atoms with van der Waals surface area (Å²) in [6.07, 6.45) is 3.03. The molecule has 0 fully saturated rings. The topological polar surface area (TPSA) is 69.4 Å². The Hall–Kier alpha value is -1.51. The molecular formula is C10H11NO3S. The van der Waals surface area contributed by atoms with E-state index in [9.17, 15) is 8.42 Å². The first-order chi connectivity index (χ1) is 7.05. The van der Waals surface area contributed by atoms with E-state index in [2.05, 4.69) is 12.0 Å². The summed E-state index contributed by atoms with van der Waals surface area (Å²) in [6, 6.07) is 6.10. The van der Waals surface area contributed by atoms with Gasteiger partial charge >= 0.3 is 0 Å². The molecule has 1 aromatic rings. The van der Waals surface area contributed by atoms with Gasteiger partial charge in [0, 0.05) is 6.42 Å². The lowest BCUT2D eigenvalue weighted by Crippen LogP contribution is -2.13. The van der Waals surface area contributed by atoms with Crippen molar-refractivity contribution in [2.45, 2.75) is 18.2 Å². The minimum Gasteiger partial charge on any atom is -0.406 e. The maximum atomic E-state index is 11.1. The summed E-state index contributed by atoms with van der Waals surface area (Å²) < 4.78 is 27.3. The highest BCUT2D eigenvalue weighted by Crippen LogP contribution is 2.21. The molecule has 0 heterocycles. The van der Waals surface area contributed by atoms with Gasteiger partial charge in [-0.3, -0.25) is 0 Å². The predicted octanol–water partition coefficient (Wildman–Crippen LogP) is 1.08. The Balaban J connectivity index is 3.08. The van der Waals surface area contributed by atoms with E-state index in [0.29, 0.717) is 6.42 Å². The van der Waals surface area contributed by atoms with Crippen LogP contribution < -0.4 is 9.88 Å². The normalized spacial score (nSPS) is 10.3. The van der Waals surface area contributed by atoms with E-state index in [1.807, 2.05) is 6.92 Å². The lowest BCUT2D eigenvalue weighted by Gasteiger charge is -2.03. The number of para-hydroxylation sites is 1. The van der Waals surface area contributed by atoms with Crippen molar-refractivity contribution < 1.29 is 13.2 Å². The van der Waals surface area contributed by atoms with Crippen molar-refractivity contribution in [1.29, 1.82) is 0 Å². The number of primary sulfonamides is 1. The summed E-state index contributed by atoms with van der Waals surface area (Å²) in [5, 5.41) is 5.01. The standard InChI is InChI=1S/C10H11NO3S/c1-2-3-8-14-9-6-4-5-7-10(9)15(11,12)13/h4-7H,2H2,1H3,(H2,11,12,13). The molecular weight excluding hydrogens is 214 g/mol. The van der Waals surface area contributed by atoms with Crippen LogP contribution in [0.5, 0.6) is 5.75 Å². The second-order valence-corrected chi connectivity index (χ2v) is 4.26. The highest BCUT2D eigenvalue weighted by atomic mass is 32.2. The van der Waals surface area contributed by atoms with Gasteiger partial charge in [0.25, 0.3) is 0 Å². The van der Waals surface area contributed by atoms with Crippen LogP contribution in [0.4, 0.5) is 0 Å². The van der Waals surface area contributed by atoms with Gasteiger partial charge in [0.1, 0.15) is 11.0 Å². The molecule has 0 atom stereocenters. The van der Waals surface area contributed by atoms with Crippen LogP contribution in [0.25, 0.3) is 0 Å². The molecule has 0 aliphatic carbocycles. The minimum absolute atomic E-state index is 0.0598. The molecule has 4 nitrogen and oxygen atoms in total. The Morgan fingerprint density at radius 2 is 2.07 bits per heavy atom. The van der Waals surface area contributed by atoms with E-state index in [1.54, 1.807) is 12.1 Å². The van der Waals surface area contributed by atoms with Crippen molar-refractivity contribution >= 4 is 10.0 Å². The zero-order valence-corrected chi connectivity index (χ0v) is 9.04. The zero-order chi connectivity index (χ0) is 11.3. The Morgan fingerprint density at radius 1 is 1.40 bits per heavy atom. The Labute approximate surface area is 89.1 Å². The van der Waals surface area contributed by atoms with E-state index in [4.69, 9.17) is 9.88 Å². The molecule has 0 aromatic heterocycles. The van der Waals surface area contributed by atoms with Gasteiger partial charge in [0.15, 0.2) is 5.75 Å². The summed E-state index contributed by atoms with van der Waals surface area (Å²) >= 11 is 0. The van der Waals surface area contributed by atoms with Gasteiger partial charge in [-0.15, -0.1) is 0 Å². The highest BCUT2D eigenvalue weighted by molar-refractivity contribution is 7.89. The molecule has 80 valence electrons. The second kappa shape index (κ2) is 4.82. The van der Waals surface area contributed by atoms with E-state index in [1.165, 1.54) is 12.1 Å². The van der Waals surface area contributed by atoms with Crippen LogP contribution in [0.3, 0.4) is 0 Å². The van der Waals surface area contributed by atoms with E-state index in [-0.39, 0.29) is 10.6 Å². The summed E-state index contributed by atoms with van der Waals surface area (Å²) in [6.45, 7) is 1.86. The molecule has 0 saturated heterocycles. The highest BCUT2D eigenvalue weighted by Gasteiger charge is 2.13. The van der Waals surface area contributed by atoms with Gasteiger partial charge in [0.05, 0.1) is 0 Å². The van der Waals surface area contributed by atoms with Crippen LogP contribution in [0.1, 0.15) is 13.3 Å². The maximum absolute atomic E-state index is 11.1. The summed E-state index contributed by atoms with van der Waals surface area (Å²) in [5.41, 5.74) is 0. The third kappa shape index (κ3) is 3.27. The SMILES string of the molecule is CCC#COc1ccccc1S(N)(=O)=O. The Bertz CT molecular complexity index is 497. The summed E-state index contributed by atoms with van der Waals surface area (Å²) in [4.78, 5) is -0.0598. The molecule has 2 N–H and O–H groups in total. The quantitative estimate of drug-likeness (QED) is 0.766. The van der Waals surface area contributed by atoms with Crippen molar-refractivity contribution in [3.63, 3.8) is 0 Å². The average molecular weight is 225 g/mol. The lowest BCUT2D eigenvalue weighted by atomic mass is 10.3. The molecule has 1 aromatic carbocycles. The van der Waals surface area contributed by atoms with Gasteiger partial charge in [-0.2, -0.15) is 0 Å². The van der Waals surface area contributed by atoms with Crippen LogP contribution in [-0.2, 0) is 10.0 Å². The number of benzene rings is 1. The molecule has 0 radical (unpaired) electrons. The van der Waals surface area contributed by atoms with Crippen molar-refractivity contribution in [2.24, 2.45) is 5.14 Å². The molecule has 5 heteroatoms. The molecule has 0 unspecified atom stereocenters.